The van der Waals surface area contributed by atoms with Gasteiger partial charge in [0.25, 0.3) is 5.91 Å². The van der Waals surface area contributed by atoms with Gasteiger partial charge in [-0.3, -0.25) is 14.4 Å². The fraction of sp³-hybridized carbons (Fsp3) is 0.552. The van der Waals surface area contributed by atoms with Crippen LogP contribution >= 0.6 is 11.8 Å². The minimum atomic E-state index is -0.791. The molecule has 0 radical (unpaired) electrons. The molecule has 3 saturated heterocycles. The van der Waals surface area contributed by atoms with Crippen LogP contribution in [0, 0.1) is 31.6 Å². The van der Waals surface area contributed by atoms with Gasteiger partial charge in [0, 0.05) is 24.0 Å². The zero-order valence-electron chi connectivity index (χ0n) is 22.0. The van der Waals surface area contributed by atoms with E-state index in [0.717, 1.165) is 29.7 Å². The Kier molecular flexibility index (Phi) is 8.19. The molecule has 0 saturated carbocycles. The van der Waals surface area contributed by atoms with Gasteiger partial charge < -0.3 is 19.6 Å². The number of esters is 1. The molecule has 0 aromatic heterocycles. The monoisotopic (exact) mass is 526 g/mol. The molecule has 6 atom stereocenters. The lowest BCUT2D eigenvalue weighted by molar-refractivity contribution is -0.154. The summed E-state index contributed by atoms with van der Waals surface area (Å²) in [7, 11) is 0. The number of unbranched alkanes of at least 4 members (excludes halogenated alkanes) is 1. The molecule has 1 aromatic rings. The summed E-state index contributed by atoms with van der Waals surface area (Å²) in [6.07, 6.45) is 5.64. The number of hydrogen-bond donors (Lipinski definition) is 1. The molecule has 2 bridgehead atoms. The molecule has 1 N–H and O–H groups in total. The van der Waals surface area contributed by atoms with Crippen molar-refractivity contribution in [2.75, 3.05) is 31.2 Å². The number of aryl methyl sites for hydroxylation is 2. The number of carbonyl (C=O) groups excluding carboxylic acids is 3. The second-order valence-electron chi connectivity index (χ2n) is 10.4. The number of rotatable bonds is 11. The number of benzene rings is 1. The second-order valence-corrected chi connectivity index (χ2v) is 12.0. The predicted octanol–water partition coefficient (Wildman–Crippen LogP) is 3.66. The van der Waals surface area contributed by atoms with E-state index in [4.69, 9.17) is 4.74 Å². The molecule has 1 spiro atoms. The van der Waals surface area contributed by atoms with Crippen molar-refractivity contribution in [3.05, 3.63) is 54.6 Å². The molecule has 7 nitrogen and oxygen atoms in total. The Morgan fingerprint density at radius 3 is 2.73 bits per heavy atom. The largest absolute Gasteiger partial charge is 0.465 e. The Morgan fingerprint density at radius 1 is 1.30 bits per heavy atom. The maximum Gasteiger partial charge on any atom is 0.310 e. The highest BCUT2D eigenvalue weighted by Crippen LogP contribution is 2.68. The lowest BCUT2D eigenvalue weighted by atomic mass is 9.66. The predicted molar refractivity (Wildman–Crippen MR) is 146 cm³/mol. The molecule has 3 aliphatic heterocycles. The van der Waals surface area contributed by atoms with Crippen LogP contribution in [-0.2, 0) is 19.1 Å². The molecule has 8 heteroatoms. The normalized spacial score (nSPS) is 29.8. The van der Waals surface area contributed by atoms with E-state index in [1.165, 1.54) is 4.90 Å². The van der Waals surface area contributed by atoms with Gasteiger partial charge in [0.1, 0.15) is 6.04 Å². The Morgan fingerprint density at radius 2 is 2.05 bits per heavy atom. The van der Waals surface area contributed by atoms with Crippen molar-refractivity contribution in [1.82, 2.24) is 4.90 Å². The summed E-state index contributed by atoms with van der Waals surface area (Å²) in [6.45, 7) is 13.9. The van der Waals surface area contributed by atoms with E-state index < -0.39 is 22.6 Å². The zero-order chi connectivity index (χ0) is 26.9. The standard InChI is InChI=1S/C29H38N2O5S/c1-6-8-9-15-36-28(35)23-22-17-20(5)29(37-22)24(23)26(33)31(13-14-32)25(29)27(34)30(12-7-2)21-16-18(3)10-11-19(21)4/h6-7,10-11,16,20,22-25,32H,1-2,8-9,12-15,17H2,3-5H3/t20?,22-,23+,24-,25?,29?/m0/s1. The fourth-order valence-corrected chi connectivity index (χ4v) is 8.91. The molecule has 3 aliphatic rings. The topological polar surface area (TPSA) is 87.2 Å². The van der Waals surface area contributed by atoms with Crippen LogP contribution < -0.4 is 4.90 Å². The number of carbonyl (C=O) groups is 3. The van der Waals surface area contributed by atoms with Gasteiger partial charge >= 0.3 is 5.97 Å². The first-order valence-corrected chi connectivity index (χ1v) is 14.0. The summed E-state index contributed by atoms with van der Waals surface area (Å²) in [6, 6.07) is 5.17. The summed E-state index contributed by atoms with van der Waals surface area (Å²) in [5, 5.41) is 9.81. The number of allylic oxidation sites excluding steroid dienone is 1. The number of aliphatic hydroxyl groups is 1. The highest BCUT2D eigenvalue weighted by Gasteiger charge is 2.76. The average molecular weight is 527 g/mol. The molecule has 3 unspecified atom stereocenters. The fourth-order valence-electron chi connectivity index (χ4n) is 6.51. The number of anilines is 1. The van der Waals surface area contributed by atoms with Crippen LogP contribution in [0.5, 0.6) is 0 Å². The molecule has 0 aliphatic carbocycles. The van der Waals surface area contributed by atoms with Gasteiger partial charge in [0.15, 0.2) is 0 Å². The van der Waals surface area contributed by atoms with Gasteiger partial charge in [-0.05, 0) is 56.2 Å². The summed E-state index contributed by atoms with van der Waals surface area (Å²) >= 11 is 1.61. The number of ether oxygens (including phenoxy) is 1. The highest BCUT2D eigenvalue weighted by molar-refractivity contribution is 8.02. The third-order valence-corrected chi connectivity index (χ3v) is 10.2. The van der Waals surface area contributed by atoms with Crippen LogP contribution in [-0.4, -0.2) is 70.1 Å². The van der Waals surface area contributed by atoms with Gasteiger partial charge in [-0.1, -0.05) is 31.2 Å². The number of β-amino-alcohol motifs (C(OH)–C–C–N with tert-alkyl or cyclic N) is 1. The molecule has 200 valence electrons. The Labute approximate surface area is 223 Å². The summed E-state index contributed by atoms with van der Waals surface area (Å²) in [5.41, 5.74) is 2.76. The van der Waals surface area contributed by atoms with Crippen molar-refractivity contribution in [2.24, 2.45) is 17.8 Å². The number of thioether (sulfide) groups is 1. The van der Waals surface area contributed by atoms with Crippen LogP contribution in [0.2, 0.25) is 0 Å². The third-order valence-electron chi connectivity index (χ3n) is 8.12. The molecular formula is C29H38N2O5S. The number of hydrogen-bond acceptors (Lipinski definition) is 6. The minimum Gasteiger partial charge on any atom is -0.465 e. The molecule has 2 amide bonds. The molecule has 4 rings (SSSR count). The first-order chi connectivity index (χ1) is 17.7. The van der Waals surface area contributed by atoms with Crippen molar-refractivity contribution in [3.63, 3.8) is 0 Å². The minimum absolute atomic E-state index is 0.0429. The average Bonchev–Trinajstić information content (AvgIpc) is 3.46. The van der Waals surface area contributed by atoms with E-state index >= 15 is 0 Å². The number of aliphatic hydroxyl groups excluding tert-OH is 1. The van der Waals surface area contributed by atoms with Crippen molar-refractivity contribution >= 4 is 35.2 Å². The van der Waals surface area contributed by atoms with Crippen molar-refractivity contribution in [2.45, 2.75) is 56.1 Å². The van der Waals surface area contributed by atoms with Crippen LogP contribution in [0.1, 0.15) is 37.3 Å². The SMILES string of the molecule is C=CCCCOC(=O)[C@@H]1[C@@H]2CC(C)C3(S2)C(C(=O)N(CC=C)c2cc(C)ccc2C)N(CCO)C(=O)[C@H]13. The lowest BCUT2D eigenvalue weighted by Gasteiger charge is -2.40. The van der Waals surface area contributed by atoms with Gasteiger partial charge in [0.05, 0.1) is 29.8 Å². The number of likely N-dealkylation sites (tertiary alicyclic amines) is 1. The van der Waals surface area contributed by atoms with Crippen LogP contribution in [0.3, 0.4) is 0 Å². The Balaban J connectivity index is 1.74. The van der Waals surface area contributed by atoms with E-state index in [1.54, 1.807) is 28.8 Å². The molecule has 3 heterocycles. The molecular weight excluding hydrogens is 488 g/mol. The quantitative estimate of drug-likeness (QED) is 0.269. The van der Waals surface area contributed by atoms with Gasteiger partial charge in [-0.25, -0.2) is 0 Å². The Bertz CT molecular complexity index is 1090. The number of amides is 2. The second kappa shape index (κ2) is 11.0. The van der Waals surface area contributed by atoms with E-state index in [2.05, 4.69) is 20.1 Å². The van der Waals surface area contributed by atoms with Gasteiger partial charge in [-0.2, -0.15) is 0 Å². The van der Waals surface area contributed by atoms with Crippen LogP contribution in [0.15, 0.2) is 43.5 Å². The summed E-state index contributed by atoms with van der Waals surface area (Å²) in [5.74, 6) is -1.99. The maximum atomic E-state index is 14.5. The first kappa shape index (κ1) is 27.5. The van der Waals surface area contributed by atoms with Crippen LogP contribution in [0.4, 0.5) is 5.69 Å². The summed E-state index contributed by atoms with van der Waals surface area (Å²) < 4.78 is 4.86. The molecule has 37 heavy (non-hydrogen) atoms. The van der Waals surface area contributed by atoms with Crippen molar-refractivity contribution < 1.29 is 24.2 Å². The van der Waals surface area contributed by atoms with E-state index in [-0.39, 0.29) is 48.7 Å². The van der Waals surface area contributed by atoms with Crippen LogP contribution in [0.25, 0.3) is 0 Å². The number of nitrogens with zero attached hydrogens (tertiary/aromatic N) is 2. The van der Waals surface area contributed by atoms with Gasteiger partial charge in [0.2, 0.25) is 5.91 Å². The zero-order valence-corrected chi connectivity index (χ0v) is 22.8. The first-order valence-electron chi connectivity index (χ1n) is 13.1. The highest BCUT2D eigenvalue weighted by atomic mass is 32.2. The molecule has 1 aromatic carbocycles. The van der Waals surface area contributed by atoms with E-state index in [9.17, 15) is 19.5 Å². The smallest absolute Gasteiger partial charge is 0.310 e. The van der Waals surface area contributed by atoms with Crippen molar-refractivity contribution in [1.29, 1.82) is 0 Å². The third kappa shape index (κ3) is 4.52. The van der Waals surface area contributed by atoms with Crippen molar-refractivity contribution in [3.8, 4) is 0 Å². The van der Waals surface area contributed by atoms with E-state index in [1.807, 2.05) is 32.0 Å². The summed E-state index contributed by atoms with van der Waals surface area (Å²) in [4.78, 5) is 44.9. The van der Waals surface area contributed by atoms with E-state index in [0.29, 0.717) is 13.0 Å². The maximum absolute atomic E-state index is 14.5. The number of fused-ring (bicyclic) bond motifs is 1. The lowest BCUT2D eigenvalue weighted by Crippen LogP contribution is -2.57. The Hall–Kier alpha value is -2.58. The molecule has 3 fully saturated rings. The van der Waals surface area contributed by atoms with Gasteiger partial charge in [-0.15, -0.1) is 24.9 Å².